The van der Waals surface area contributed by atoms with Crippen molar-refractivity contribution in [2.45, 2.75) is 6.42 Å². The summed E-state index contributed by atoms with van der Waals surface area (Å²) in [5.41, 5.74) is 0. The summed E-state index contributed by atoms with van der Waals surface area (Å²) in [6.07, 6.45) is 2.57. The molecule has 0 saturated carbocycles. The van der Waals surface area contributed by atoms with Gasteiger partial charge in [0.05, 0.1) is 6.54 Å². The van der Waals surface area contributed by atoms with Crippen LogP contribution >= 0.6 is 0 Å². The molecular weight excluding hydrogens is 118 g/mol. The van der Waals surface area contributed by atoms with E-state index >= 15 is 0 Å². The summed E-state index contributed by atoms with van der Waals surface area (Å²) in [7, 11) is 1.90. The van der Waals surface area contributed by atoms with Crippen LogP contribution in [0.3, 0.4) is 0 Å². The van der Waals surface area contributed by atoms with Gasteiger partial charge in [-0.05, 0) is 6.42 Å². The van der Waals surface area contributed by atoms with E-state index in [1.807, 2.05) is 12.1 Å². The summed E-state index contributed by atoms with van der Waals surface area (Å²) in [5.74, 6) is 0. The molecule has 0 aromatic carbocycles. The van der Waals surface area contributed by atoms with Gasteiger partial charge in [-0.2, -0.15) is 0 Å². The molecule has 0 atom stereocenters. The molecule has 1 rings (SSSR count). The van der Waals surface area contributed by atoms with E-state index in [9.17, 15) is 4.79 Å². The molecule has 1 aliphatic heterocycles. The van der Waals surface area contributed by atoms with Crippen LogP contribution in [0.1, 0.15) is 6.42 Å². The van der Waals surface area contributed by atoms with Gasteiger partial charge in [-0.3, -0.25) is 0 Å². The van der Waals surface area contributed by atoms with E-state index in [0.717, 1.165) is 19.5 Å². The molecule has 1 fully saturated rings. The number of hydrazone groups is 1. The average Bonchev–Trinajstić information content (AvgIpc) is 2.18. The molecule has 0 amide bonds. The Kier molecular flexibility index (Phi) is 1.82. The smallest absolute Gasteiger partial charge is 0.216 e. The maximum absolute atomic E-state index is 9.75. The molecule has 4 nitrogen and oxygen atoms in total. The predicted molar refractivity (Wildman–Crippen MR) is 32.1 cm³/mol. The van der Waals surface area contributed by atoms with Crippen LogP contribution < -0.4 is 0 Å². The van der Waals surface area contributed by atoms with E-state index in [4.69, 9.17) is 0 Å². The van der Waals surface area contributed by atoms with Gasteiger partial charge in [-0.25, -0.2) is 14.9 Å². The van der Waals surface area contributed by atoms with Crippen LogP contribution in [-0.2, 0) is 4.79 Å². The van der Waals surface area contributed by atoms with Crippen molar-refractivity contribution < 1.29 is 4.79 Å². The summed E-state index contributed by atoms with van der Waals surface area (Å²) in [6, 6.07) is 0. The Hall–Kier alpha value is -0.860. The second-order valence-electron chi connectivity index (χ2n) is 2.02. The Morgan fingerprint density at radius 3 is 2.78 bits per heavy atom. The summed E-state index contributed by atoms with van der Waals surface area (Å²) < 4.78 is 0. The Balaban J connectivity index is 2.49. The van der Waals surface area contributed by atoms with Crippen LogP contribution in [0.5, 0.6) is 0 Å². The number of isocyanates is 1. The Bertz CT molecular complexity index is 141. The molecule has 1 aliphatic rings. The molecule has 0 aliphatic carbocycles. The normalized spacial score (nSPS) is 19.9. The van der Waals surface area contributed by atoms with Crippen molar-refractivity contribution in [3.05, 3.63) is 0 Å². The highest BCUT2D eigenvalue weighted by molar-refractivity contribution is 5.32. The van der Waals surface area contributed by atoms with Gasteiger partial charge in [-0.15, -0.1) is 0 Å². The van der Waals surface area contributed by atoms with Crippen molar-refractivity contribution >= 4 is 6.08 Å². The van der Waals surface area contributed by atoms with Gasteiger partial charge in [0, 0.05) is 13.6 Å². The zero-order valence-corrected chi connectivity index (χ0v) is 5.37. The Labute approximate surface area is 53.7 Å². The lowest BCUT2D eigenvalue weighted by molar-refractivity contribution is 0.0601. The summed E-state index contributed by atoms with van der Waals surface area (Å²) >= 11 is 0. The topological polar surface area (TPSA) is 35.9 Å². The van der Waals surface area contributed by atoms with Crippen LogP contribution in [0.4, 0.5) is 0 Å². The van der Waals surface area contributed by atoms with Gasteiger partial charge in [0.25, 0.3) is 6.08 Å². The first-order valence-electron chi connectivity index (χ1n) is 2.91. The van der Waals surface area contributed by atoms with Gasteiger partial charge in [0.1, 0.15) is 0 Å². The van der Waals surface area contributed by atoms with Crippen LogP contribution in [0.2, 0.25) is 0 Å². The molecule has 0 bridgehead atoms. The van der Waals surface area contributed by atoms with Crippen molar-refractivity contribution in [2.24, 2.45) is 5.10 Å². The first kappa shape index (κ1) is 6.26. The van der Waals surface area contributed by atoms with Crippen LogP contribution in [0.25, 0.3) is 0 Å². The number of carbonyl (C=O) groups excluding carboxylic acids is 1. The Morgan fingerprint density at radius 2 is 2.33 bits per heavy atom. The van der Waals surface area contributed by atoms with Crippen molar-refractivity contribution in [3.8, 4) is 0 Å². The molecule has 0 unspecified atom stereocenters. The van der Waals surface area contributed by atoms with Crippen molar-refractivity contribution in [1.82, 2.24) is 10.1 Å². The number of hydrogen-bond acceptors (Lipinski definition) is 4. The van der Waals surface area contributed by atoms with Gasteiger partial charge in [0.2, 0.25) is 0 Å². The fraction of sp³-hybridized carbons (Fsp3) is 0.800. The zero-order chi connectivity index (χ0) is 6.69. The van der Waals surface area contributed by atoms with Crippen LogP contribution in [0.15, 0.2) is 5.10 Å². The molecule has 0 radical (unpaired) electrons. The van der Waals surface area contributed by atoms with Gasteiger partial charge < -0.3 is 0 Å². The van der Waals surface area contributed by atoms with E-state index in [1.54, 1.807) is 5.12 Å². The SMILES string of the molecule is CN1CCCN1N=C=O. The van der Waals surface area contributed by atoms with E-state index in [0.29, 0.717) is 0 Å². The minimum atomic E-state index is 0.839. The quantitative estimate of drug-likeness (QED) is 0.361. The minimum absolute atomic E-state index is 0.839. The highest BCUT2D eigenvalue weighted by Crippen LogP contribution is 2.05. The van der Waals surface area contributed by atoms with E-state index in [1.165, 1.54) is 6.08 Å². The molecule has 1 saturated heterocycles. The van der Waals surface area contributed by atoms with Crippen molar-refractivity contribution in [2.75, 3.05) is 20.1 Å². The minimum Gasteiger partial charge on any atom is -0.216 e. The van der Waals surface area contributed by atoms with E-state index in [-0.39, 0.29) is 0 Å². The largest absolute Gasteiger partial charge is 0.259 e. The Morgan fingerprint density at radius 1 is 1.56 bits per heavy atom. The molecule has 0 aromatic heterocycles. The van der Waals surface area contributed by atoms with Crippen molar-refractivity contribution in [3.63, 3.8) is 0 Å². The molecule has 0 aromatic rings. The average molecular weight is 127 g/mol. The number of nitrogens with zero attached hydrogens (tertiary/aromatic N) is 3. The fourth-order valence-electron chi connectivity index (χ4n) is 0.901. The van der Waals surface area contributed by atoms with Gasteiger partial charge in [-0.1, -0.05) is 5.10 Å². The molecule has 0 N–H and O–H groups in total. The second kappa shape index (κ2) is 2.62. The molecule has 1 heterocycles. The lowest BCUT2D eigenvalue weighted by Crippen LogP contribution is -2.27. The predicted octanol–water partition coefficient (Wildman–Crippen LogP) is -0.210. The molecule has 4 heteroatoms. The first-order chi connectivity index (χ1) is 4.34. The molecule has 9 heavy (non-hydrogen) atoms. The molecule has 0 spiro atoms. The maximum atomic E-state index is 9.75. The van der Waals surface area contributed by atoms with Crippen LogP contribution in [0, 0.1) is 0 Å². The highest BCUT2D eigenvalue weighted by Gasteiger charge is 2.14. The highest BCUT2D eigenvalue weighted by atomic mass is 16.1. The third kappa shape index (κ3) is 1.28. The lowest BCUT2D eigenvalue weighted by Gasteiger charge is -2.16. The monoisotopic (exact) mass is 127 g/mol. The summed E-state index contributed by atoms with van der Waals surface area (Å²) in [4.78, 5) is 9.75. The first-order valence-corrected chi connectivity index (χ1v) is 2.91. The maximum Gasteiger partial charge on any atom is 0.259 e. The number of hydrazine groups is 1. The number of rotatable bonds is 1. The van der Waals surface area contributed by atoms with Gasteiger partial charge in [0.15, 0.2) is 0 Å². The zero-order valence-electron chi connectivity index (χ0n) is 5.37. The second-order valence-corrected chi connectivity index (χ2v) is 2.02. The van der Waals surface area contributed by atoms with E-state index < -0.39 is 0 Å². The van der Waals surface area contributed by atoms with Gasteiger partial charge >= 0.3 is 0 Å². The third-order valence-corrected chi connectivity index (χ3v) is 1.39. The standard InChI is InChI=1S/C5H9N3O/c1-7-3-2-4-8(7)6-5-9/h2-4H2,1H3. The van der Waals surface area contributed by atoms with E-state index in [2.05, 4.69) is 5.10 Å². The van der Waals surface area contributed by atoms with Crippen LogP contribution in [-0.4, -0.2) is 36.3 Å². The van der Waals surface area contributed by atoms with Crippen molar-refractivity contribution in [1.29, 1.82) is 0 Å². The molecule has 50 valence electrons. The number of hydrogen-bond donors (Lipinski definition) is 0. The summed E-state index contributed by atoms with van der Waals surface area (Å²) in [6.45, 7) is 1.82. The molecular formula is C5H9N3O. The fourth-order valence-corrected chi connectivity index (χ4v) is 0.901. The summed E-state index contributed by atoms with van der Waals surface area (Å²) in [5, 5.41) is 6.97. The lowest BCUT2D eigenvalue weighted by atomic mass is 10.5. The third-order valence-electron chi connectivity index (χ3n) is 1.39.